The van der Waals surface area contributed by atoms with E-state index in [-0.39, 0.29) is 5.91 Å². The zero-order valence-corrected chi connectivity index (χ0v) is 9.80. The van der Waals surface area contributed by atoms with Crippen LogP contribution in [0.25, 0.3) is 0 Å². The lowest BCUT2D eigenvalue weighted by Gasteiger charge is -2.28. The molecule has 3 N–H and O–H groups in total. The van der Waals surface area contributed by atoms with E-state index >= 15 is 0 Å². The number of hydrogen-bond donors (Lipinski definition) is 2. The Morgan fingerprint density at radius 1 is 1.40 bits per heavy atom. The van der Waals surface area contributed by atoms with Crippen molar-refractivity contribution in [2.45, 2.75) is 57.9 Å². The fraction of sp³-hybridized carbons (Fsp3) is 0.917. The Hall–Kier alpha value is -0.570. The number of rotatable bonds is 5. The molecule has 0 spiro atoms. The van der Waals surface area contributed by atoms with Crippen LogP contribution >= 0.6 is 0 Å². The van der Waals surface area contributed by atoms with Gasteiger partial charge in [0, 0.05) is 12.5 Å². The molecule has 0 radical (unpaired) electrons. The average Bonchev–Trinajstić information content (AvgIpc) is 2.27. The van der Waals surface area contributed by atoms with Gasteiger partial charge in [-0.1, -0.05) is 19.3 Å². The fourth-order valence-corrected chi connectivity index (χ4v) is 2.34. The average molecular weight is 212 g/mol. The van der Waals surface area contributed by atoms with E-state index in [1.54, 1.807) is 0 Å². The van der Waals surface area contributed by atoms with Crippen molar-refractivity contribution in [2.75, 3.05) is 6.54 Å². The largest absolute Gasteiger partial charge is 0.353 e. The van der Waals surface area contributed by atoms with Crippen LogP contribution in [0.1, 0.15) is 51.9 Å². The van der Waals surface area contributed by atoms with Gasteiger partial charge in [0.25, 0.3) is 0 Å². The highest BCUT2D eigenvalue weighted by atomic mass is 16.1. The first-order valence-corrected chi connectivity index (χ1v) is 6.23. The number of hydrogen-bond acceptors (Lipinski definition) is 2. The molecule has 1 atom stereocenters. The Morgan fingerprint density at radius 2 is 2.07 bits per heavy atom. The van der Waals surface area contributed by atoms with Crippen LogP contribution < -0.4 is 11.1 Å². The van der Waals surface area contributed by atoms with Crippen LogP contribution in [-0.2, 0) is 4.79 Å². The molecule has 0 aromatic rings. The predicted molar refractivity (Wildman–Crippen MR) is 62.5 cm³/mol. The van der Waals surface area contributed by atoms with E-state index in [0.717, 1.165) is 6.42 Å². The summed E-state index contributed by atoms with van der Waals surface area (Å²) < 4.78 is 0. The Balaban J connectivity index is 2.21. The number of nitrogens with two attached hydrogens (primary N) is 1. The molecular formula is C12H24N2O. The highest BCUT2D eigenvalue weighted by Gasteiger charge is 2.20. The number of carbonyl (C=O) groups excluding carboxylic acids is 1. The minimum Gasteiger partial charge on any atom is -0.353 e. The van der Waals surface area contributed by atoms with Crippen LogP contribution in [-0.4, -0.2) is 18.5 Å². The lowest BCUT2D eigenvalue weighted by atomic mass is 9.84. The highest BCUT2D eigenvalue weighted by molar-refractivity contribution is 5.76. The van der Waals surface area contributed by atoms with Crippen molar-refractivity contribution in [3.63, 3.8) is 0 Å². The van der Waals surface area contributed by atoms with Crippen LogP contribution in [0, 0.1) is 5.92 Å². The molecule has 0 aromatic carbocycles. The summed E-state index contributed by atoms with van der Waals surface area (Å²) in [7, 11) is 0. The molecule has 15 heavy (non-hydrogen) atoms. The van der Waals surface area contributed by atoms with Gasteiger partial charge in [0.05, 0.1) is 0 Å². The van der Waals surface area contributed by atoms with E-state index in [9.17, 15) is 4.79 Å². The summed E-state index contributed by atoms with van der Waals surface area (Å²) >= 11 is 0. The summed E-state index contributed by atoms with van der Waals surface area (Å²) in [5.41, 5.74) is 5.37. The van der Waals surface area contributed by atoms with Gasteiger partial charge < -0.3 is 11.1 Å². The Kier molecular flexibility index (Phi) is 5.69. The molecule has 1 rings (SSSR count). The van der Waals surface area contributed by atoms with Gasteiger partial charge in [-0.05, 0) is 38.6 Å². The van der Waals surface area contributed by atoms with Gasteiger partial charge in [-0.3, -0.25) is 4.79 Å². The first-order valence-electron chi connectivity index (χ1n) is 6.23. The first kappa shape index (κ1) is 12.5. The molecular weight excluding hydrogens is 188 g/mol. The molecule has 0 heterocycles. The van der Waals surface area contributed by atoms with Crippen molar-refractivity contribution >= 4 is 5.91 Å². The number of carbonyl (C=O) groups is 1. The molecule has 3 nitrogen and oxygen atoms in total. The standard InChI is InChI=1S/C12H24N2O/c1-10(11-6-3-2-4-7-11)14-12(15)8-5-9-13/h10-11H,2-9,13H2,1H3,(H,14,15)/t10-/m0/s1. The molecule has 0 saturated heterocycles. The summed E-state index contributed by atoms with van der Waals surface area (Å²) in [4.78, 5) is 11.5. The van der Waals surface area contributed by atoms with Crippen LogP contribution in [0.15, 0.2) is 0 Å². The van der Waals surface area contributed by atoms with Gasteiger partial charge >= 0.3 is 0 Å². The summed E-state index contributed by atoms with van der Waals surface area (Å²) in [5, 5.41) is 3.09. The normalized spacial score (nSPS) is 19.9. The molecule has 0 aromatic heterocycles. The second-order valence-electron chi connectivity index (χ2n) is 4.65. The van der Waals surface area contributed by atoms with E-state index < -0.39 is 0 Å². The first-order chi connectivity index (χ1) is 7.24. The van der Waals surface area contributed by atoms with Crippen LogP contribution in [0.3, 0.4) is 0 Å². The van der Waals surface area contributed by atoms with Gasteiger partial charge in [-0.25, -0.2) is 0 Å². The van der Waals surface area contributed by atoms with Gasteiger partial charge in [0.1, 0.15) is 0 Å². The third-order valence-corrected chi connectivity index (χ3v) is 3.35. The van der Waals surface area contributed by atoms with Crippen molar-refractivity contribution in [3.8, 4) is 0 Å². The monoisotopic (exact) mass is 212 g/mol. The zero-order valence-electron chi connectivity index (χ0n) is 9.80. The molecule has 0 aliphatic heterocycles. The summed E-state index contributed by atoms with van der Waals surface area (Å²) in [6.45, 7) is 2.74. The number of amides is 1. The van der Waals surface area contributed by atoms with Gasteiger partial charge in [-0.15, -0.1) is 0 Å². The van der Waals surface area contributed by atoms with Crippen molar-refractivity contribution in [2.24, 2.45) is 11.7 Å². The van der Waals surface area contributed by atoms with Crippen molar-refractivity contribution in [1.82, 2.24) is 5.32 Å². The maximum atomic E-state index is 11.5. The third-order valence-electron chi connectivity index (χ3n) is 3.35. The van der Waals surface area contributed by atoms with E-state index in [4.69, 9.17) is 5.73 Å². The summed E-state index contributed by atoms with van der Waals surface area (Å²) in [6, 6.07) is 0.343. The lowest BCUT2D eigenvalue weighted by molar-refractivity contribution is -0.122. The summed E-state index contributed by atoms with van der Waals surface area (Å²) in [5.74, 6) is 0.860. The van der Waals surface area contributed by atoms with E-state index in [0.29, 0.717) is 24.9 Å². The fourth-order valence-electron chi connectivity index (χ4n) is 2.34. The molecule has 1 aliphatic carbocycles. The van der Waals surface area contributed by atoms with Gasteiger partial charge in [-0.2, -0.15) is 0 Å². The maximum absolute atomic E-state index is 11.5. The van der Waals surface area contributed by atoms with E-state index in [2.05, 4.69) is 12.2 Å². The van der Waals surface area contributed by atoms with Crippen molar-refractivity contribution < 1.29 is 4.79 Å². The lowest BCUT2D eigenvalue weighted by Crippen LogP contribution is -2.38. The van der Waals surface area contributed by atoms with Crippen molar-refractivity contribution in [3.05, 3.63) is 0 Å². The third kappa shape index (κ3) is 4.65. The smallest absolute Gasteiger partial charge is 0.220 e. The topological polar surface area (TPSA) is 55.1 Å². The number of nitrogens with one attached hydrogen (secondary N) is 1. The SMILES string of the molecule is C[C@H](NC(=O)CCCN)C1CCCCC1. The molecule has 1 aliphatic rings. The minimum absolute atomic E-state index is 0.165. The second kappa shape index (κ2) is 6.83. The molecule has 1 amide bonds. The van der Waals surface area contributed by atoms with Gasteiger partial charge in [0.2, 0.25) is 5.91 Å². The minimum atomic E-state index is 0.165. The Bertz CT molecular complexity index is 188. The molecule has 1 saturated carbocycles. The van der Waals surface area contributed by atoms with E-state index in [1.165, 1.54) is 32.1 Å². The van der Waals surface area contributed by atoms with Crippen LogP contribution in [0.4, 0.5) is 0 Å². The maximum Gasteiger partial charge on any atom is 0.220 e. The van der Waals surface area contributed by atoms with Crippen molar-refractivity contribution in [1.29, 1.82) is 0 Å². The highest BCUT2D eigenvalue weighted by Crippen LogP contribution is 2.26. The molecule has 0 bridgehead atoms. The predicted octanol–water partition coefficient (Wildman–Crippen LogP) is 1.81. The van der Waals surface area contributed by atoms with Gasteiger partial charge in [0.15, 0.2) is 0 Å². The molecule has 0 unspecified atom stereocenters. The zero-order chi connectivity index (χ0) is 11.1. The summed E-state index contributed by atoms with van der Waals surface area (Å²) in [6.07, 6.45) is 7.94. The van der Waals surface area contributed by atoms with Crippen LogP contribution in [0.5, 0.6) is 0 Å². The Morgan fingerprint density at radius 3 is 2.67 bits per heavy atom. The van der Waals surface area contributed by atoms with Crippen LogP contribution in [0.2, 0.25) is 0 Å². The molecule has 1 fully saturated rings. The molecule has 3 heteroatoms. The Labute approximate surface area is 92.8 Å². The quantitative estimate of drug-likeness (QED) is 0.730. The van der Waals surface area contributed by atoms with E-state index in [1.807, 2.05) is 0 Å². The second-order valence-corrected chi connectivity index (χ2v) is 4.65. The molecule has 88 valence electrons.